The number of unbranched alkanes of at least 4 members (excludes halogenated alkanes) is 5. The van der Waals surface area contributed by atoms with Gasteiger partial charge in [0.2, 0.25) is 0 Å². The average molecular weight is 330 g/mol. The zero-order chi connectivity index (χ0) is 16.7. The van der Waals surface area contributed by atoms with Gasteiger partial charge in [0.15, 0.2) is 0 Å². The molecule has 0 aliphatic heterocycles. The van der Waals surface area contributed by atoms with Gasteiger partial charge in [0.25, 0.3) is 0 Å². The van der Waals surface area contributed by atoms with Crippen LogP contribution in [0.1, 0.15) is 45.4 Å². The van der Waals surface area contributed by atoms with Gasteiger partial charge in [-0.2, -0.15) is 0 Å². The van der Waals surface area contributed by atoms with E-state index < -0.39 is 8.07 Å². The van der Waals surface area contributed by atoms with Gasteiger partial charge in [-0.05, 0) is 6.42 Å². The third-order valence-corrected chi connectivity index (χ3v) is 5.97. The summed E-state index contributed by atoms with van der Waals surface area (Å²) >= 11 is 0. The van der Waals surface area contributed by atoms with E-state index in [-0.39, 0.29) is 0 Å². The van der Waals surface area contributed by atoms with E-state index in [2.05, 4.69) is 71.9 Å². The molecule has 2 rings (SSSR count). The first kappa shape index (κ1) is 17.9. The lowest BCUT2D eigenvalue weighted by Gasteiger charge is -2.16. The summed E-state index contributed by atoms with van der Waals surface area (Å²) in [4.78, 5) is 0. The summed E-state index contributed by atoms with van der Waals surface area (Å²) in [5.74, 6) is 0. The fourth-order valence-corrected chi connectivity index (χ4v) is 4.23. The topological polar surface area (TPSA) is 30.7 Å². The number of hydrogen-bond acceptors (Lipinski definition) is 2. The molecule has 0 atom stereocenters. The van der Waals surface area contributed by atoms with Crippen molar-refractivity contribution in [2.75, 3.05) is 0 Å². The van der Waals surface area contributed by atoms with E-state index in [9.17, 15) is 0 Å². The number of rotatable bonds is 9. The second-order valence-electron chi connectivity index (χ2n) is 7.39. The van der Waals surface area contributed by atoms with Gasteiger partial charge >= 0.3 is 0 Å². The number of benzene rings is 1. The molecular formula is C19H31N3Si. The fourth-order valence-electron chi connectivity index (χ4n) is 2.90. The Balaban J connectivity index is 2.12. The van der Waals surface area contributed by atoms with Gasteiger partial charge in [0.05, 0.1) is 11.0 Å². The molecule has 0 saturated heterocycles. The predicted octanol–water partition coefficient (Wildman–Crippen LogP) is 4.85. The smallest absolute Gasteiger partial charge is 0.107 e. The van der Waals surface area contributed by atoms with Gasteiger partial charge < -0.3 is 0 Å². The van der Waals surface area contributed by atoms with Crippen LogP contribution in [-0.2, 0) is 6.54 Å². The third kappa shape index (κ3) is 5.03. The highest BCUT2D eigenvalue weighted by atomic mass is 28.3. The molecule has 0 aliphatic rings. The Hall–Kier alpha value is -1.42. The summed E-state index contributed by atoms with van der Waals surface area (Å²) in [6, 6.07) is 10.6. The number of hydrogen-bond donors (Lipinski definition) is 0. The first-order chi connectivity index (χ1) is 11.0. The standard InChI is InChI=1S/C19H31N3Si/c1-5-6-7-8-9-13-16-22-18(17-14-11-10-12-15-17)19(20-21-22)23(2,3)4/h10-12,14-15H,5-9,13,16H2,1-4H3. The minimum absolute atomic E-state index is 0.980. The van der Waals surface area contributed by atoms with Crippen LogP contribution in [0.2, 0.25) is 19.6 Å². The molecule has 0 radical (unpaired) electrons. The van der Waals surface area contributed by atoms with E-state index in [4.69, 9.17) is 0 Å². The summed E-state index contributed by atoms with van der Waals surface area (Å²) in [6.45, 7) is 10.3. The molecule has 1 heterocycles. The predicted molar refractivity (Wildman–Crippen MR) is 102 cm³/mol. The van der Waals surface area contributed by atoms with Crippen LogP contribution in [-0.4, -0.2) is 23.1 Å². The molecule has 0 amide bonds. The largest absolute Gasteiger partial charge is 0.245 e. The molecule has 23 heavy (non-hydrogen) atoms. The van der Waals surface area contributed by atoms with Crippen molar-refractivity contribution in [3.05, 3.63) is 30.3 Å². The molecule has 0 spiro atoms. The molecule has 1 aromatic heterocycles. The highest BCUT2D eigenvalue weighted by Crippen LogP contribution is 2.20. The van der Waals surface area contributed by atoms with E-state index >= 15 is 0 Å². The summed E-state index contributed by atoms with van der Waals surface area (Å²) in [6.07, 6.45) is 7.84. The third-order valence-electron chi connectivity index (χ3n) is 4.22. The van der Waals surface area contributed by atoms with Gasteiger partial charge in [-0.3, -0.25) is 0 Å². The molecule has 0 bridgehead atoms. The van der Waals surface area contributed by atoms with Crippen LogP contribution in [0, 0.1) is 0 Å². The van der Waals surface area contributed by atoms with E-state index in [1.54, 1.807) is 0 Å². The summed E-state index contributed by atoms with van der Waals surface area (Å²) in [7, 11) is -1.50. The summed E-state index contributed by atoms with van der Waals surface area (Å²) < 4.78 is 2.14. The molecule has 3 nitrogen and oxygen atoms in total. The van der Waals surface area contributed by atoms with Crippen LogP contribution in [0.5, 0.6) is 0 Å². The Bertz CT molecular complexity index is 584. The molecular weight excluding hydrogens is 298 g/mol. The van der Waals surface area contributed by atoms with Crippen molar-refractivity contribution < 1.29 is 0 Å². The molecule has 0 saturated carbocycles. The molecule has 1 aromatic carbocycles. The molecule has 126 valence electrons. The Kier molecular flexibility index (Phi) is 6.57. The molecule has 0 fully saturated rings. The lowest BCUT2D eigenvalue weighted by Crippen LogP contribution is -2.40. The van der Waals surface area contributed by atoms with Crippen LogP contribution in [0.4, 0.5) is 0 Å². The number of nitrogens with zero attached hydrogens (tertiary/aromatic N) is 3. The van der Waals surface area contributed by atoms with Crippen LogP contribution in [0.3, 0.4) is 0 Å². The molecule has 4 heteroatoms. The van der Waals surface area contributed by atoms with Crippen LogP contribution in [0.15, 0.2) is 30.3 Å². The quantitative estimate of drug-likeness (QED) is 0.486. The molecule has 0 aliphatic carbocycles. The van der Waals surface area contributed by atoms with Crippen molar-refractivity contribution in [2.45, 2.75) is 71.6 Å². The first-order valence-corrected chi connectivity index (χ1v) is 12.5. The SMILES string of the molecule is CCCCCCCCn1nnc([Si](C)(C)C)c1-c1ccccc1. The highest BCUT2D eigenvalue weighted by molar-refractivity contribution is 6.89. The van der Waals surface area contributed by atoms with E-state index in [1.165, 1.54) is 55.1 Å². The van der Waals surface area contributed by atoms with Crippen molar-refractivity contribution in [3.8, 4) is 11.3 Å². The maximum atomic E-state index is 4.57. The minimum atomic E-state index is -1.50. The Labute approximate surface area is 142 Å². The average Bonchev–Trinajstić information content (AvgIpc) is 2.96. The number of aryl methyl sites for hydroxylation is 1. The van der Waals surface area contributed by atoms with Crippen LogP contribution < -0.4 is 5.32 Å². The van der Waals surface area contributed by atoms with Gasteiger partial charge in [0.1, 0.15) is 8.07 Å². The Morgan fingerprint density at radius 3 is 2.22 bits per heavy atom. The van der Waals surface area contributed by atoms with Gasteiger partial charge in [-0.25, -0.2) is 4.68 Å². The second kappa shape index (κ2) is 8.43. The first-order valence-electron chi connectivity index (χ1n) is 9.03. The molecule has 0 unspecified atom stereocenters. The van der Waals surface area contributed by atoms with Crippen LogP contribution in [0.25, 0.3) is 11.3 Å². The zero-order valence-electron chi connectivity index (χ0n) is 15.2. The van der Waals surface area contributed by atoms with Crippen molar-refractivity contribution in [3.63, 3.8) is 0 Å². The second-order valence-corrected chi connectivity index (χ2v) is 12.4. The highest BCUT2D eigenvalue weighted by Gasteiger charge is 2.27. The fraction of sp³-hybridized carbons (Fsp3) is 0.579. The van der Waals surface area contributed by atoms with Crippen molar-refractivity contribution in [1.82, 2.24) is 15.0 Å². The van der Waals surface area contributed by atoms with Gasteiger partial charge in [-0.15, -0.1) is 5.10 Å². The minimum Gasteiger partial charge on any atom is -0.245 e. The number of aromatic nitrogens is 3. The zero-order valence-corrected chi connectivity index (χ0v) is 16.2. The Morgan fingerprint density at radius 2 is 1.57 bits per heavy atom. The van der Waals surface area contributed by atoms with Gasteiger partial charge in [-0.1, -0.05) is 94.2 Å². The monoisotopic (exact) mass is 329 g/mol. The lowest BCUT2D eigenvalue weighted by atomic mass is 10.1. The molecule has 2 aromatic rings. The van der Waals surface area contributed by atoms with E-state index in [1.807, 2.05) is 0 Å². The van der Waals surface area contributed by atoms with Crippen molar-refractivity contribution >= 4 is 13.4 Å². The molecule has 0 N–H and O–H groups in total. The van der Waals surface area contributed by atoms with Crippen molar-refractivity contribution in [1.29, 1.82) is 0 Å². The van der Waals surface area contributed by atoms with Gasteiger partial charge in [0, 0.05) is 12.1 Å². The maximum absolute atomic E-state index is 4.57. The lowest BCUT2D eigenvalue weighted by molar-refractivity contribution is 0.520. The maximum Gasteiger partial charge on any atom is 0.107 e. The van der Waals surface area contributed by atoms with E-state index in [0.29, 0.717) is 0 Å². The van der Waals surface area contributed by atoms with Crippen molar-refractivity contribution in [2.24, 2.45) is 0 Å². The summed E-state index contributed by atoms with van der Waals surface area (Å²) in [5, 5.41) is 10.3. The van der Waals surface area contributed by atoms with Crippen LogP contribution >= 0.6 is 0 Å². The van der Waals surface area contributed by atoms with E-state index in [0.717, 1.165) is 6.54 Å². The Morgan fingerprint density at radius 1 is 0.913 bits per heavy atom. The summed E-state index contributed by atoms with van der Waals surface area (Å²) in [5.41, 5.74) is 2.50. The normalized spacial score (nSPS) is 11.8.